The van der Waals surface area contributed by atoms with Crippen LogP contribution in [0.3, 0.4) is 0 Å². The summed E-state index contributed by atoms with van der Waals surface area (Å²) in [5.41, 5.74) is 0.0701. The Hall–Kier alpha value is -2.93. The summed E-state index contributed by atoms with van der Waals surface area (Å²) in [6, 6.07) is 5.43. The van der Waals surface area contributed by atoms with Gasteiger partial charge in [0.1, 0.15) is 11.8 Å². The van der Waals surface area contributed by atoms with E-state index in [0.29, 0.717) is 0 Å². The van der Waals surface area contributed by atoms with E-state index < -0.39 is 47.6 Å². The van der Waals surface area contributed by atoms with Gasteiger partial charge in [0.05, 0.1) is 21.0 Å². The van der Waals surface area contributed by atoms with E-state index in [-0.39, 0.29) is 28.2 Å². The van der Waals surface area contributed by atoms with E-state index in [1.165, 1.54) is 12.1 Å². The van der Waals surface area contributed by atoms with Crippen LogP contribution in [0.15, 0.2) is 51.2 Å². The fourth-order valence-electron chi connectivity index (χ4n) is 3.05. The molecule has 2 aliphatic heterocycles. The van der Waals surface area contributed by atoms with Gasteiger partial charge in [-0.1, -0.05) is 0 Å². The quantitative estimate of drug-likeness (QED) is 0.614. The number of ketones is 2. The molecule has 10 nitrogen and oxygen atoms in total. The maximum Gasteiger partial charge on any atom is 0.294 e. The van der Waals surface area contributed by atoms with Gasteiger partial charge >= 0.3 is 0 Å². The zero-order chi connectivity index (χ0) is 20.4. The molecular weight excluding hydrogens is 412 g/mol. The number of carbonyl (C=O) groups excluding carboxylic acids is 2. The third-order valence-electron chi connectivity index (χ3n) is 4.37. The van der Waals surface area contributed by atoms with Crippen molar-refractivity contribution in [2.45, 2.75) is 15.8 Å². The van der Waals surface area contributed by atoms with Crippen molar-refractivity contribution in [2.75, 3.05) is 5.32 Å². The Morgan fingerprint density at radius 1 is 0.857 bits per heavy atom. The predicted octanol–water partition coefficient (Wildman–Crippen LogP) is 1.13. The van der Waals surface area contributed by atoms with Gasteiger partial charge in [-0.05, 0) is 36.4 Å². The molecular formula is C16H10N2O8S2. The van der Waals surface area contributed by atoms with Crippen molar-refractivity contribution >= 4 is 48.9 Å². The first-order valence-electron chi connectivity index (χ1n) is 7.64. The van der Waals surface area contributed by atoms with Crippen LogP contribution in [0, 0.1) is 0 Å². The molecule has 0 aromatic heterocycles. The standard InChI is InChI=1S/C16H10N2O8S2/c19-15-9-5-7(27(21,22)23)1-3-11(9)17-13(15)14-16(20)10-6-8(28(24,25)26)2-4-12(10)18-14/h1-6,13,17H,(H,21,22,23)(H,24,25,26). The summed E-state index contributed by atoms with van der Waals surface area (Å²) >= 11 is 0. The van der Waals surface area contributed by atoms with E-state index >= 15 is 0 Å². The van der Waals surface area contributed by atoms with Crippen LogP contribution in [-0.2, 0) is 20.2 Å². The minimum absolute atomic E-state index is 0.0368. The first kappa shape index (κ1) is 18.4. The van der Waals surface area contributed by atoms with Gasteiger partial charge in [0.15, 0.2) is 5.78 Å². The topological polar surface area (TPSA) is 167 Å². The number of fused-ring (bicyclic) bond motifs is 2. The van der Waals surface area contributed by atoms with Crippen LogP contribution in [0.1, 0.15) is 20.7 Å². The van der Waals surface area contributed by atoms with Gasteiger partial charge in [0.25, 0.3) is 20.2 Å². The Kier molecular flexibility index (Phi) is 3.81. The van der Waals surface area contributed by atoms with E-state index in [9.17, 15) is 26.4 Å². The van der Waals surface area contributed by atoms with Crippen molar-refractivity contribution in [1.29, 1.82) is 0 Å². The number of carbonyl (C=O) groups is 2. The van der Waals surface area contributed by atoms with Gasteiger partial charge in [0, 0.05) is 11.3 Å². The Morgan fingerprint density at radius 2 is 1.43 bits per heavy atom. The summed E-state index contributed by atoms with van der Waals surface area (Å²) < 4.78 is 63.3. The van der Waals surface area contributed by atoms with Crippen LogP contribution in [0.4, 0.5) is 11.4 Å². The van der Waals surface area contributed by atoms with E-state index in [1.54, 1.807) is 0 Å². The number of anilines is 1. The summed E-state index contributed by atoms with van der Waals surface area (Å²) in [6.07, 6.45) is 0. The zero-order valence-electron chi connectivity index (χ0n) is 13.6. The Bertz CT molecular complexity index is 1330. The third kappa shape index (κ3) is 2.82. The molecule has 28 heavy (non-hydrogen) atoms. The molecule has 12 heteroatoms. The normalized spacial score (nSPS) is 18.5. The molecule has 0 saturated carbocycles. The van der Waals surface area contributed by atoms with Crippen molar-refractivity contribution in [1.82, 2.24) is 0 Å². The second-order valence-corrected chi connectivity index (χ2v) is 8.95. The lowest BCUT2D eigenvalue weighted by Crippen LogP contribution is -2.35. The minimum Gasteiger partial charge on any atom is -0.369 e. The van der Waals surface area contributed by atoms with Crippen molar-refractivity contribution in [3.05, 3.63) is 47.5 Å². The lowest BCUT2D eigenvalue weighted by atomic mass is 10.00. The second-order valence-electron chi connectivity index (χ2n) is 6.10. The zero-order valence-corrected chi connectivity index (χ0v) is 15.3. The average Bonchev–Trinajstić information content (AvgIpc) is 3.10. The third-order valence-corrected chi connectivity index (χ3v) is 6.07. The van der Waals surface area contributed by atoms with E-state index in [2.05, 4.69) is 10.3 Å². The van der Waals surface area contributed by atoms with Crippen LogP contribution in [0.5, 0.6) is 0 Å². The van der Waals surface area contributed by atoms with Gasteiger partial charge in [-0.3, -0.25) is 18.7 Å². The molecule has 144 valence electrons. The second kappa shape index (κ2) is 5.78. The van der Waals surface area contributed by atoms with Crippen molar-refractivity contribution < 1.29 is 35.5 Å². The number of nitrogens with one attached hydrogen (secondary N) is 1. The summed E-state index contributed by atoms with van der Waals surface area (Å²) in [7, 11) is -9.04. The number of Topliss-reactive ketones (excluding diaryl/α,β-unsaturated/α-hetero) is 2. The Labute approximate surface area is 158 Å². The minimum atomic E-state index is -4.52. The molecule has 2 aromatic rings. The molecule has 2 aliphatic rings. The number of hydrogen-bond acceptors (Lipinski definition) is 8. The van der Waals surface area contributed by atoms with Crippen molar-refractivity contribution in [2.24, 2.45) is 4.99 Å². The summed E-state index contributed by atoms with van der Waals surface area (Å²) in [5, 5.41) is 2.77. The number of benzene rings is 2. The van der Waals surface area contributed by atoms with Crippen LogP contribution < -0.4 is 5.32 Å². The first-order chi connectivity index (χ1) is 13.0. The SMILES string of the molecule is O=C1C(C2Nc3ccc(S(=O)(=O)O)cc3C2=O)=Nc2ccc(S(=O)(=O)O)cc21. The highest BCUT2D eigenvalue weighted by molar-refractivity contribution is 7.86. The highest BCUT2D eigenvalue weighted by Crippen LogP contribution is 2.34. The molecule has 0 bridgehead atoms. The van der Waals surface area contributed by atoms with Crippen LogP contribution in [0.2, 0.25) is 0 Å². The van der Waals surface area contributed by atoms with Crippen LogP contribution in [-0.4, -0.2) is 49.3 Å². The molecule has 0 spiro atoms. The first-order valence-corrected chi connectivity index (χ1v) is 10.5. The maximum atomic E-state index is 12.7. The lowest BCUT2D eigenvalue weighted by Gasteiger charge is -2.08. The van der Waals surface area contributed by atoms with Crippen LogP contribution in [0.25, 0.3) is 0 Å². The molecule has 0 saturated heterocycles. The molecule has 1 atom stereocenters. The summed E-state index contributed by atoms with van der Waals surface area (Å²) in [5.74, 6) is -1.33. The number of rotatable bonds is 3. The molecule has 4 rings (SSSR count). The van der Waals surface area contributed by atoms with E-state index in [0.717, 1.165) is 24.3 Å². The highest BCUT2D eigenvalue weighted by atomic mass is 32.2. The highest BCUT2D eigenvalue weighted by Gasteiger charge is 2.40. The predicted molar refractivity (Wildman–Crippen MR) is 95.7 cm³/mol. The van der Waals surface area contributed by atoms with E-state index in [4.69, 9.17) is 9.11 Å². The average molecular weight is 422 g/mol. The smallest absolute Gasteiger partial charge is 0.294 e. The molecule has 0 aliphatic carbocycles. The number of nitrogens with zero attached hydrogens (tertiary/aromatic N) is 1. The van der Waals surface area contributed by atoms with Crippen molar-refractivity contribution in [3.63, 3.8) is 0 Å². The molecule has 3 N–H and O–H groups in total. The number of aliphatic imine (C=N–C) groups is 1. The molecule has 2 heterocycles. The fraction of sp³-hybridized carbons (Fsp3) is 0.0625. The Morgan fingerprint density at radius 3 is 2.04 bits per heavy atom. The molecule has 2 aromatic carbocycles. The van der Waals surface area contributed by atoms with Crippen molar-refractivity contribution in [3.8, 4) is 0 Å². The van der Waals surface area contributed by atoms with E-state index in [1.807, 2.05) is 0 Å². The fourth-order valence-corrected chi connectivity index (χ4v) is 4.07. The van der Waals surface area contributed by atoms with Crippen LogP contribution >= 0.6 is 0 Å². The molecule has 0 radical (unpaired) electrons. The van der Waals surface area contributed by atoms with Gasteiger partial charge in [-0.15, -0.1) is 0 Å². The summed E-state index contributed by atoms with van der Waals surface area (Å²) in [6.45, 7) is 0. The van der Waals surface area contributed by atoms with Gasteiger partial charge < -0.3 is 5.32 Å². The molecule has 1 unspecified atom stereocenters. The number of hydrogen-bond donors (Lipinski definition) is 3. The molecule has 0 fully saturated rings. The summed E-state index contributed by atoms with van der Waals surface area (Å²) in [4.78, 5) is 28.5. The molecule has 0 amide bonds. The monoisotopic (exact) mass is 422 g/mol. The van der Waals surface area contributed by atoms with Gasteiger partial charge in [0.2, 0.25) is 5.78 Å². The maximum absolute atomic E-state index is 12.7. The van der Waals surface area contributed by atoms with Gasteiger partial charge in [-0.25, -0.2) is 4.99 Å². The Balaban J connectivity index is 1.71. The van der Waals surface area contributed by atoms with Gasteiger partial charge in [-0.2, -0.15) is 16.8 Å². The largest absolute Gasteiger partial charge is 0.369 e. The lowest BCUT2D eigenvalue weighted by molar-refractivity contribution is 0.0984.